The molecule has 2 N–H and O–H groups in total. The molecule has 0 aliphatic rings. The Hall–Kier alpha value is -1.68. The number of quaternary nitrogens is 1. The maximum atomic E-state index is 11.1. The minimum atomic E-state index is -1.01. The van der Waals surface area contributed by atoms with Gasteiger partial charge in [-0.3, -0.25) is 0 Å². The van der Waals surface area contributed by atoms with Gasteiger partial charge in [0.25, 0.3) is 0 Å². The number of hydrogen-bond donors (Lipinski definition) is 2. The molecule has 0 saturated carbocycles. The third-order valence-electron chi connectivity index (χ3n) is 2.44. The molecule has 2 aromatic rings. The Morgan fingerprint density at radius 1 is 1.53 bits per heavy atom. The third kappa shape index (κ3) is 3.20. The van der Waals surface area contributed by atoms with Crippen LogP contribution >= 0.6 is 11.8 Å². The highest BCUT2D eigenvalue weighted by Gasteiger charge is 2.11. The number of methoxy groups -OCH3 is 1. The average Bonchev–Trinajstić information content (AvgIpc) is 2.81. The van der Waals surface area contributed by atoms with E-state index < -0.39 is 5.23 Å². The Kier molecular flexibility index (Phi) is 4.32. The first-order valence-corrected chi connectivity index (χ1v) is 6.35. The fourth-order valence-electron chi connectivity index (χ4n) is 1.50. The molecule has 1 atom stereocenters. The van der Waals surface area contributed by atoms with Crippen molar-refractivity contribution < 1.29 is 15.2 Å². The highest BCUT2D eigenvalue weighted by atomic mass is 32.2. The zero-order valence-corrected chi connectivity index (χ0v) is 11.2. The standard InChI is InChI=1S/C10H13N5O3S/c1-14-10(11-12-13-14)19-6-7-3-4-9(18-2)8(5-7)15(16)17/h3-5,15-16H,6H2,1-2H3. The van der Waals surface area contributed by atoms with E-state index in [0.29, 0.717) is 16.7 Å². The molecule has 19 heavy (non-hydrogen) atoms. The van der Waals surface area contributed by atoms with Crippen molar-refractivity contribution in [1.29, 1.82) is 0 Å². The van der Waals surface area contributed by atoms with E-state index in [0.717, 1.165) is 5.56 Å². The highest BCUT2D eigenvalue weighted by Crippen LogP contribution is 2.25. The van der Waals surface area contributed by atoms with Crippen molar-refractivity contribution in [1.82, 2.24) is 20.2 Å². The fourth-order valence-corrected chi connectivity index (χ4v) is 2.30. The summed E-state index contributed by atoms with van der Waals surface area (Å²) in [7, 11) is 3.19. The first-order chi connectivity index (χ1) is 9.11. The summed E-state index contributed by atoms with van der Waals surface area (Å²) in [6.07, 6.45) is 0. The predicted octanol–water partition coefficient (Wildman–Crippen LogP) is -0.0856. The number of nitrogens with zero attached hydrogens (tertiary/aromatic N) is 4. The van der Waals surface area contributed by atoms with Gasteiger partial charge in [0, 0.05) is 18.9 Å². The average molecular weight is 283 g/mol. The van der Waals surface area contributed by atoms with E-state index in [2.05, 4.69) is 15.5 Å². The molecule has 0 amide bonds. The van der Waals surface area contributed by atoms with Crippen LogP contribution < -0.4 is 9.96 Å². The minimum Gasteiger partial charge on any atom is -0.595 e. The molecule has 0 fully saturated rings. The van der Waals surface area contributed by atoms with E-state index >= 15 is 0 Å². The normalized spacial score (nSPS) is 12.4. The van der Waals surface area contributed by atoms with Crippen LogP contribution in [0.4, 0.5) is 5.69 Å². The largest absolute Gasteiger partial charge is 0.595 e. The summed E-state index contributed by atoms with van der Waals surface area (Å²) in [5.74, 6) is 0.931. The van der Waals surface area contributed by atoms with Crippen molar-refractivity contribution in [3.63, 3.8) is 0 Å². The molecule has 1 aromatic heterocycles. The Labute approximate surface area is 113 Å². The van der Waals surface area contributed by atoms with Crippen LogP contribution in [0.2, 0.25) is 0 Å². The van der Waals surface area contributed by atoms with Crippen LogP contribution in [0.3, 0.4) is 0 Å². The number of tetrazole rings is 1. The maximum Gasteiger partial charge on any atom is 0.209 e. The Morgan fingerprint density at radius 2 is 2.32 bits per heavy atom. The molecule has 1 unspecified atom stereocenters. The van der Waals surface area contributed by atoms with Crippen molar-refractivity contribution in [3.05, 3.63) is 29.0 Å². The lowest BCUT2D eigenvalue weighted by Crippen LogP contribution is -2.99. The molecule has 0 aliphatic heterocycles. The first-order valence-electron chi connectivity index (χ1n) is 5.37. The van der Waals surface area contributed by atoms with E-state index in [4.69, 9.17) is 9.94 Å². The summed E-state index contributed by atoms with van der Waals surface area (Å²) < 4.78 is 6.57. The van der Waals surface area contributed by atoms with Crippen LogP contribution in [0.1, 0.15) is 5.56 Å². The van der Waals surface area contributed by atoms with E-state index in [1.54, 1.807) is 23.9 Å². The Bertz CT molecular complexity index is 560. The van der Waals surface area contributed by atoms with E-state index in [-0.39, 0.29) is 5.69 Å². The predicted molar refractivity (Wildman–Crippen MR) is 67.1 cm³/mol. The summed E-state index contributed by atoms with van der Waals surface area (Å²) in [6, 6.07) is 5.06. The molecule has 102 valence electrons. The van der Waals surface area contributed by atoms with E-state index in [9.17, 15) is 5.21 Å². The number of rotatable bonds is 5. The number of benzene rings is 1. The van der Waals surface area contributed by atoms with Gasteiger partial charge in [-0.1, -0.05) is 17.8 Å². The van der Waals surface area contributed by atoms with Gasteiger partial charge in [0.05, 0.1) is 7.11 Å². The quantitative estimate of drug-likeness (QED) is 0.584. The van der Waals surface area contributed by atoms with Crippen LogP contribution in [-0.2, 0) is 12.8 Å². The summed E-state index contributed by atoms with van der Waals surface area (Å²) in [5, 5.41) is 31.0. The fraction of sp³-hybridized carbons (Fsp3) is 0.300. The molecule has 1 heterocycles. The minimum absolute atomic E-state index is 0.150. The van der Waals surface area contributed by atoms with Crippen LogP contribution in [-0.4, -0.2) is 32.5 Å². The molecule has 0 radical (unpaired) electrons. The molecule has 0 spiro atoms. The maximum absolute atomic E-state index is 11.1. The van der Waals surface area contributed by atoms with Crippen molar-refractivity contribution in [3.8, 4) is 5.75 Å². The molecule has 0 bridgehead atoms. The van der Waals surface area contributed by atoms with Gasteiger partial charge in [0.1, 0.15) is 0 Å². The second kappa shape index (κ2) is 5.97. The van der Waals surface area contributed by atoms with Gasteiger partial charge in [-0.05, 0) is 22.1 Å². The van der Waals surface area contributed by atoms with Crippen LogP contribution in [0.25, 0.3) is 0 Å². The summed E-state index contributed by atoms with van der Waals surface area (Å²) >= 11 is 1.43. The summed E-state index contributed by atoms with van der Waals surface area (Å²) in [4.78, 5) is 0. The highest BCUT2D eigenvalue weighted by molar-refractivity contribution is 7.98. The zero-order valence-electron chi connectivity index (χ0n) is 10.4. The molecule has 8 nitrogen and oxygen atoms in total. The second-order valence-corrected chi connectivity index (χ2v) is 4.66. The first kappa shape index (κ1) is 13.7. The molecule has 2 rings (SSSR count). The molecule has 1 aromatic carbocycles. The lowest BCUT2D eigenvalue weighted by atomic mass is 10.2. The third-order valence-corrected chi connectivity index (χ3v) is 3.53. The number of aromatic nitrogens is 4. The monoisotopic (exact) mass is 283 g/mol. The second-order valence-electron chi connectivity index (χ2n) is 3.71. The molecule has 0 aliphatic carbocycles. The SMILES string of the molecule is COc1ccc(CSc2nnnn2C)cc1[NH+]([O-])O. The number of ether oxygens (including phenoxy) is 1. The molecule has 9 heteroatoms. The smallest absolute Gasteiger partial charge is 0.209 e. The van der Waals surface area contributed by atoms with E-state index in [1.165, 1.54) is 18.9 Å². The molecule has 0 saturated heterocycles. The van der Waals surface area contributed by atoms with Gasteiger partial charge in [0.15, 0.2) is 5.75 Å². The van der Waals surface area contributed by atoms with Crippen molar-refractivity contribution in [2.24, 2.45) is 7.05 Å². The molecular weight excluding hydrogens is 270 g/mol. The van der Waals surface area contributed by atoms with Gasteiger partial charge in [-0.25, -0.2) is 9.89 Å². The lowest BCUT2D eigenvalue weighted by Gasteiger charge is -2.15. The number of thioether (sulfide) groups is 1. The molecular formula is C10H13N5O3S. The topological polar surface area (TPSA) is 101 Å². The summed E-state index contributed by atoms with van der Waals surface area (Å²) in [5.41, 5.74) is 1.02. The summed E-state index contributed by atoms with van der Waals surface area (Å²) in [6.45, 7) is 0. The van der Waals surface area contributed by atoms with Crippen molar-refractivity contribution >= 4 is 17.4 Å². The van der Waals surface area contributed by atoms with Gasteiger partial charge in [0.2, 0.25) is 10.8 Å². The number of hydrogen-bond acceptors (Lipinski definition) is 7. The number of nitrogens with one attached hydrogen (secondary N) is 1. The van der Waals surface area contributed by atoms with Crippen LogP contribution in [0.5, 0.6) is 5.75 Å². The Morgan fingerprint density at radius 3 is 2.89 bits per heavy atom. The zero-order chi connectivity index (χ0) is 13.8. The van der Waals surface area contributed by atoms with Crippen LogP contribution in [0, 0.1) is 5.21 Å². The lowest BCUT2D eigenvalue weighted by molar-refractivity contribution is -0.991. The van der Waals surface area contributed by atoms with Crippen molar-refractivity contribution in [2.45, 2.75) is 10.9 Å². The van der Waals surface area contributed by atoms with Gasteiger partial charge < -0.3 is 9.94 Å². The van der Waals surface area contributed by atoms with Gasteiger partial charge in [-0.15, -0.1) is 5.10 Å². The van der Waals surface area contributed by atoms with Crippen LogP contribution in [0.15, 0.2) is 23.4 Å². The van der Waals surface area contributed by atoms with Gasteiger partial charge >= 0.3 is 0 Å². The Balaban J connectivity index is 2.13. The van der Waals surface area contributed by atoms with Crippen molar-refractivity contribution in [2.75, 3.05) is 7.11 Å². The van der Waals surface area contributed by atoms with E-state index in [1.807, 2.05) is 6.07 Å². The number of aryl methyl sites for hydroxylation is 1. The van der Waals surface area contributed by atoms with Gasteiger partial charge in [-0.2, -0.15) is 5.23 Å².